The maximum Gasteiger partial charge on any atom is 0.410 e. The number of benzene rings is 2. The number of hydrogen-bond acceptors (Lipinski definition) is 12. The van der Waals surface area contributed by atoms with Gasteiger partial charge in [-0.2, -0.15) is 0 Å². The molecule has 3 fully saturated rings. The second kappa shape index (κ2) is 22.6. The van der Waals surface area contributed by atoms with Crippen LogP contribution in [-0.2, 0) is 46.4 Å². The number of amides is 4. The highest BCUT2D eigenvalue weighted by atomic mass is 16.6. The van der Waals surface area contributed by atoms with Crippen molar-refractivity contribution in [3.63, 3.8) is 0 Å². The first kappa shape index (κ1) is 52.8. The number of carbonyl (C=O) groups excluding carboxylic acids is 5. The number of phenols is 1. The molecule has 0 aliphatic carbocycles. The van der Waals surface area contributed by atoms with E-state index >= 15 is 0 Å². The van der Waals surface area contributed by atoms with Crippen molar-refractivity contribution in [2.75, 3.05) is 60.5 Å². The van der Waals surface area contributed by atoms with E-state index in [4.69, 9.17) is 14.2 Å². The van der Waals surface area contributed by atoms with Gasteiger partial charge in [0, 0.05) is 82.5 Å². The number of ether oxygens (including phenoxy) is 3. The largest absolute Gasteiger partial charge is 0.508 e. The van der Waals surface area contributed by atoms with E-state index in [2.05, 4.69) is 56.4 Å². The molecule has 4 amide bonds. The number of aryl methyl sites for hydroxylation is 1. The third-order valence-corrected chi connectivity index (χ3v) is 14.5. The number of aromatic nitrogens is 2. The van der Waals surface area contributed by atoms with Crippen molar-refractivity contribution in [2.24, 2.45) is 17.3 Å². The molecular formula is C54H74N8O9. The number of nitrogens with one attached hydrogen (secondary N) is 2. The van der Waals surface area contributed by atoms with Crippen molar-refractivity contribution in [1.29, 1.82) is 0 Å². The summed E-state index contributed by atoms with van der Waals surface area (Å²) in [6, 6.07) is 14.5. The fraction of sp³-hybridized carbons (Fsp3) is 0.556. The van der Waals surface area contributed by atoms with Gasteiger partial charge in [-0.3, -0.25) is 34.1 Å². The van der Waals surface area contributed by atoms with Gasteiger partial charge in [-0.1, -0.05) is 46.8 Å². The fourth-order valence-corrected chi connectivity index (χ4v) is 9.92. The highest BCUT2D eigenvalue weighted by molar-refractivity contribution is 5.94. The van der Waals surface area contributed by atoms with Crippen molar-refractivity contribution >= 4 is 40.7 Å². The van der Waals surface area contributed by atoms with E-state index in [9.17, 15) is 29.1 Å². The number of hydrogen-bond donors (Lipinski definition) is 3. The lowest BCUT2D eigenvalue weighted by Gasteiger charge is -2.37. The van der Waals surface area contributed by atoms with E-state index in [1.54, 1.807) is 37.4 Å². The first-order valence-electron chi connectivity index (χ1n) is 25.2. The molecular weight excluding hydrogens is 905 g/mol. The average Bonchev–Trinajstić information content (AvgIpc) is 3.99. The van der Waals surface area contributed by atoms with Gasteiger partial charge in [0.15, 0.2) is 0 Å². The first-order chi connectivity index (χ1) is 33.8. The summed E-state index contributed by atoms with van der Waals surface area (Å²) in [7, 11) is 5.21. The van der Waals surface area contributed by atoms with Gasteiger partial charge >= 0.3 is 12.1 Å². The molecule has 0 bridgehead atoms. The lowest BCUT2D eigenvalue weighted by molar-refractivity contribution is -0.155. The molecule has 3 aliphatic heterocycles. The summed E-state index contributed by atoms with van der Waals surface area (Å²) in [6.07, 6.45) is 3.12. The van der Waals surface area contributed by atoms with Crippen molar-refractivity contribution in [1.82, 2.24) is 40.0 Å². The molecule has 17 heteroatoms. The molecule has 0 spiro atoms. The van der Waals surface area contributed by atoms with Crippen LogP contribution in [0.15, 0.2) is 60.8 Å². The minimum Gasteiger partial charge on any atom is -0.508 e. The van der Waals surface area contributed by atoms with Crippen molar-refractivity contribution < 1.29 is 43.3 Å². The topological polar surface area (TPSA) is 188 Å². The SMILES string of the molecule is CCn1c(-c2cccnc2[C@H](C)OC)cc2cc(-c3cc(O)cc(C[C@H](NC(=O)[C@H](C(C)C)N(C)C(=O)[C@H]4CCN(C(=O)OC5CN(C)C5)C4)C(=O)N4CCC[C@@H](C(=O)OCC(C)(C)CC)N4)c3)ccc21. The van der Waals surface area contributed by atoms with Gasteiger partial charge in [-0.15, -0.1) is 0 Å². The van der Waals surface area contributed by atoms with Gasteiger partial charge in [0.1, 0.15) is 30.0 Å². The zero-order chi connectivity index (χ0) is 51.3. The number of likely N-dealkylation sites (tertiary alicyclic amines) is 2. The zero-order valence-corrected chi connectivity index (χ0v) is 43.2. The normalized spacial score (nSPS) is 19.0. The number of nitrogens with zero attached hydrogens (tertiary/aromatic N) is 6. The third-order valence-electron chi connectivity index (χ3n) is 14.5. The molecule has 4 aromatic rings. The van der Waals surface area contributed by atoms with Gasteiger partial charge < -0.3 is 39.0 Å². The lowest BCUT2D eigenvalue weighted by atomic mass is 9.92. The molecule has 0 radical (unpaired) electrons. The number of likely N-dealkylation sites (N-methyl/N-ethyl adjacent to an activating group) is 2. The van der Waals surface area contributed by atoms with Crippen LogP contribution in [0.4, 0.5) is 4.79 Å². The highest BCUT2D eigenvalue weighted by Gasteiger charge is 2.41. The average molecular weight is 979 g/mol. The van der Waals surface area contributed by atoms with Crippen LogP contribution in [0.5, 0.6) is 5.75 Å². The number of carbonyl (C=O) groups is 5. The number of pyridine rings is 1. The minimum absolute atomic E-state index is 0.0238. The molecule has 3 saturated heterocycles. The minimum atomic E-state index is -1.18. The standard InChI is InChI=1S/C54H74N8O9/c1-11-54(6,7)32-70-52(67)43-16-14-21-62(57-43)51(66)44(56-49(64)48(33(3)4)59(9)50(65)37-19-22-60(29-37)53(68)71-41-30-58(8)31-41)25-35-23-38(27-40(63)24-35)36-17-18-45-39(26-36)28-46(61(45)12-2)42-15-13-20-55-47(42)34(5)69-10/h13,15,17-18,20,23-24,26-28,33-34,37,41,43-44,48,57,63H,11-12,14,16,19,21-22,25,29-32H2,1-10H3,(H,56,64)/t34-,37-,43-,44-,48-/m0/s1. The molecule has 3 aliphatic rings. The molecule has 5 atom stereocenters. The summed E-state index contributed by atoms with van der Waals surface area (Å²) in [4.78, 5) is 79.6. The summed E-state index contributed by atoms with van der Waals surface area (Å²) < 4.78 is 19.3. The Hall–Kier alpha value is -6.04. The van der Waals surface area contributed by atoms with Crippen LogP contribution >= 0.6 is 0 Å². The van der Waals surface area contributed by atoms with E-state index in [1.807, 2.05) is 66.8 Å². The maximum absolute atomic E-state index is 14.8. The number of esters is 1. The van der Waals surface area contributed by atoms with Gasteiger partial charge in [-0.25, -0.2) is 10.2 Å². The third kappa shape index (κ3) is 12.2. The van der Waals surface area contributed by atoms with E-state index in [0.717, 1.165) is 39.8 Å². The molecule has 2 aromatic carbocycles. The van der Waals surface area contributed by atoms with E-state index < -0.39 is 47.9 Å². The van der Waals surface area contributed by atoms with Crippen LogP contribution in [0.2, 0.25) is 0 Å². The molecule has 0 unspecified atom stereocenters. The molecule has 71 heavy (non-hydrogen) atoms. The Kier molecular flexibility index (Phi) is 16.8. The number of methoxy groups -OCH3 is 1. The van der Waals surface area contributed by atoms with Gasteiger partial charge in [0.25, 0.3) is 5.91 Å². The van der Waals surface area contributed by atoms with E-state index in [-0.39, 0.29) is 61.3 Å². The summed E-state index contributed by atoms with van der Waals surface area (Å²) in [5.41, 5.74) is 8.83. The van der Waals surface area contributed by atoms with Crippen molar-refractivity contribution in [3.05, 3.63) is 72.1 Å². The lowest BCUT2D eigenvalue weighted by Crippen LogP contribution is -2.62. The van der Waals surface area contributed by atoms with Crippen LogP contribution in [0.3, 0.4) is 0 Å². The van der Waals surface area contributed by atoms with Crippen LogP contribution in [-0.4, -0.2) is 149 Å². The Bertz CT molecular complexity index is 2570. The predicted molar refractivity (Wildman–Crippen MR) is 271 cm³/mol. The van der Waals surface area contributed by atoms with Crippen LogP contribution < -0.4 is 10.7 Å². The van der Waals surface area contributed by atoms with Crippen LogP contribution in [0.25, 0.3) is 33.3 Å². The Morgan fingerprint density at radius 3 is 2.42 bits per heavy atom. The summed E-state index contributed by atoms with van der Waals surface area (Å²) in [5.74, 6) is -2.69. The Morgan fingerprint density at radius 2 is 1.73 bits per heavy atom. The number of aromatic hydroxyl groups is 1. The van der Waals surface area contributed by atoms with E-state index in [1.165, 1.54) is 9.91 Å². The van der Waals surface area contributed by atoms with Crippen LogP contribution in [0, 0.1) is 17.3 Å². The second-order valence-electron chi connectivity index (χ2n) is 20.8. The smallest absolute Gasteiger partial charge is 0.410 e. The highest BCUT2D eigenvalue weighted by Crippen LogP contribution is 2.36. The zero-order valence-electron chi connectivity index (χ0n) is 43.2. The fourth-order valence-electron chi connectivity index (χ4n) is 9.92. The first-order valence-corrected chi connectivity index (χ1v) is 25.2. The molecule has 5 heterocycles. The second-order valence-corrected chi connectivity index (χ2v) is 20.8. The van der Waals surface area contributed by atoms with Gasteiger partial charge in [0.05, 0.1) is 30.0 Å². The number of phenolic OH excluding ortho intramolecular Hbond substituents is 1. The number of fused-ring (bicyclic) bond motifs is 1. The molecule has 0 saturated carbocycles. The van der Waals surface area contributed by atoms with Crippen molar-refractivity contribution in [3.8, 4) is 28.1 Å². The van der Waals surface area contributed by atoms with E-state index in [0.29, 0.717) is 56.6 Å². The summed E-state index contributed by atoms with van der Waals surface area (Å²) in [5, 5.41) is 16.7. The van der Waals surface area contributed by atoms with Gasteiger partial charge in [0.2, 0.25) is 11.8 Å². The molecule has 7 rings (SSSR count). The van der Waals surface area contributed by atoms with Crippen LogP contribution in [0.1, 0.15) is 91.5 Å². The predicted octanol–water partition coefficient (Wildman–Crippen LogP) is 6.56. The summed E-state index contributed by atoms with van der Waals surface area (Å²) >= 11 is 0. The van der Waals surface area contributed by atoms with Crippen molar-refractivity contribution in [2.45, 2.75) is 117 Å². The Morgan fingerprint density at radius 1 is 0.972 bits per heavy atom. The monoisotopic (exact) mass is 979 g/mol. The Balaban J connectivity index is 1.15. The Labute approximate surface area is 418 Å². The molecule has 17 nitrogen and oxygen atoms in total. The molecule has 3 N–H and O–H groups in total. The number of rotatable bonds is 18. The van der Waals surface area contributed by atoms with Gasteiger partial charge in [-0.05, 0) is 117 Å². The number of hydrazine groups is 1. The summed E-state index contributed by atoms with van der Waals surface area (Å²) in [6.45, 7) is 16.9. The molecule has 384 valence electrons. The maximum atomic E-state index is 14.8. The quantitative estimate of drug-likeness (QED) is 0.0913. The molecule has 2 aromatic heterocycles.